The van der Waals surface area contributed by atoms with Gasteiger partial charge in [0.25, 0.3) is 0 Å². The van der Waals surface area contributed by atoms with Gasteiger partial charge in [0, 0.05) is 6.61 Å². The van der Waals surface area contributed by atoms with Gasteiger partial charge in [-0.15, -0.1) is 0 Å². The quantitative estimate of drug-likeness (QED) is 0.692. The number of phenolic OH excluding ortho intramolecular Hbond substituents is 1. The van der Waals surface area contributed by atoms with E-state index >= 15 is 0 Å². The summed E-state index contributed by atoms with van der Waals surface area (Å²) in [5.41, 5.74) is 3.47. The number of rotatable bonds is 8. The summed E-state index contributed by atoms with van der Waals surface area (Å²) in [5.74, 6) is 0.504. The predicted octanol–water partition coefficient (Wildman–Crippen LogP) is 3.61. The summed E-state index contributed by atoms with van der Waals surface area (Å²) in [6.45, 7) is 4.54. The molecule has 18 heavy (non-hydrogen) atoms. The zero-order valence-corrected chi connectivity index (χ0v) is 11.7. The van der Waals surface area contributed by atoms with Crippen LogP contribution in [-0.4, -0.2) is 16.8 Å². The Hall–Kier alpha value is -1.02. The molecule has 0 saturated heterocycles. The first-order valence-corrected chi connectivity index (χ1v) is 7.17. The molecule has 0 bridgehead atoms. The molecule has 0 aliphatic rings. The Morgan fingerprint density at radius 3 is 1.89 bits per heavy atom. The van der Waals surface area contributed by atoms with E-state index in [2.05, 4.69) is 26.0 Å². The Labute approximate surface area is 111 Å². The summed E-state index contributed by atoms with van der Waals surface area (Å²) >= 11 is 0. The van der Waals surface area contributed by atoms with Crippen LogP contribution in [0.4, 0.5) is 0 Å². The van der Waals surface area contributed by atoms with Crippen molar-refractivity contribution in [1.82, 2.24) is 0 Å². The van der Waals surface area contributed by atoms with Crippen molar-refractivity contribution in [1.29, 1.82) is 0 Å². The molecule has 0 atom stereocenters. The third-order valence-electron chi connectivity index (χ3n) is 3.24. The van der Waals surface area contributed by atoms with Crippen LogP contribution in [0.15, 0.2) is 12.1 Å². The molecule has 0 saturated carbocycles. The number of hydrogen-bond donors (Lipinski definition) is 2. The highest BCUT2D eigenvalue weighted by Crippen LogP contribution is 2.27. The summed E-state index contributed by atoms with van der Waals surface area (Å²) in [7, 11) is 0. The molecule has 0 unspecified atom stereocenters. The first kappa shape index (κ1) is 15.0. The summed E-state index contributed by atoms with van der Waals surface area (Å²) in [6, 6.07) is 4.27. The number of unbranched alkanes of at least 4 members (excludes halogenated alkanes) is 1. The molecule has 1 rings (SSSR count). The molecule has 2 N–H and O–H groups in total. The van der Waals surface area contributed by atoms with Crippen molar-refractivity contribution in [2.24, 2.45) is 0 Å². The van der Waals surface area contributed by atoms with Crippen molar-refractivity contribution in [3.8, 4) is 5.75 Å². The third-order valence-corrected chi connectivity index (χ3v) is 3.24. The maximum Gasteiger partial charge on any atom is 0.121 e. The van der Waals surface area contributed by atoms with E-state index in [1.54, 1.807) is 0 Å². The van der Waals surface area contributed by atoms with E-state index in [9.17, 15) is 5.11 Å². The van der Waals surface area contributed by atoms with E-state index in [0.29, 0.717) is 5.75 Å². The molecule has 0 aliphatic heterocycles. The van der Waals surface area contributed by atoms with Crippen molar-refractivity contribution in [2.75, 3.05) is 6.61 Å². The summed E-state index contributed by atoms with van der Waals surface area (Å²) < 4.78 is 0. The number of phenols is 1. The fraction of sp³-hybridized carbons (Fsp3) is 0.625. The first-order valence-electron chi connectivity index (χ1n) is 7.17. The summed E-state index contributed by atoms with van der Waals surface area (Å²) in [4.78, 5) is 0. The van der Waals surface area contributed by atoms with Crippen LogP contribution in [0.3, 0.4) is 0 Å². The minimum Gasteiger partial charge on any atom is -0.507 e. The largest absolute Gasteiger partial charge is 0.507 e. The van der Waals surface area contributed by atoms with Gasteiger partial charge in [0.1, 0.15) is 5.75 Å². The van der Waals surface area contributed by atoms with Crippen molar-refractivity contribution < 1.29 is 10.2 Å². The molecule has 1 aromatic rings. The number of benzene rings is 1. The Bertz CT molecular complexity index is 331. The molecular formula is C16H26O2. The fourth-order valence-corrected chi connectivity index (χ4v) is 2.34. The average Bonchev–Trinajstić information content (AvgIpc) is 2.35. The number of aliphatic hydroxyl groups is 1. The second-order valence-electron chi connectivity index (χ2n) is 4.94. The average molecular weight is 250 g/mol. The van der Waals surface area contributed by atoms with Crippen LogP contribution in [-0.2, 0) is 19.3 Å². The maximum atomic E-state index is 10.2. The minimum absolute atomic E-state index is 0.266. The molecule has 102 valence electrons. The lowest BCUT2D eigenvalue weighted by atomic mass is 9.96. The zero-order chi connectivity index (χ0) is 13.4. The van der Waals surface area contributed by atoms with E-state index < -0.39 is 0 Å². The third kappa shape index (κ3) is 4.34. The monoisotopic (exact) mass is 250 g/mol. The highest BCUT2D eigenvalue weighted by Gasteiger charge is 2.09. The minimum atomic E-state index is 0.266. The molecule has 0 fully saturated rings. The van der Waals surface area contributed by atoms with Crippen LogP contribution in [0.5, 0.6) is 5.75 Å². The highest BCUT2D eigenvalue weighted by molar-refractivity contribution is 5.44. The number of aliphatic hydroxyl groups excluding tert-OH is 1. The molecule has 2 heteroatoms. The molecule has 0 aromatic heterocycles. The van der Waals surface area contributed by atoms with Crippen LogP contribution in [0.1, 0.15) is 56.2 Å². The molecule has 0 aliphatic carbocycles. The van der Waals surface area contributed by atoms with Crippen molar-refractivity contribution in [3.63, 3.8) is 0 Å². The van der Waals surface area contributed by atoms with Gasteiger partial charge >= 0.3 is 0 Å². The van der Waals surface area contributed by atoms with Gasteiger partial charge in [0.15, 0.2) is 0 Å². The van der Waals surface area contributed by atoms with Crippen LogP contribution in [0.25, 0.3) is 0 Å². The highest BCUT2D eigenvalue weighted by atomic mass is 16.3. The zero-order valence-electron chi connectivity index (χ0n) is 11.7. The lowest BCUT2D eigenvalue weighted by Gasteiger charge is -2.12. The van der Waals surface area contributed by atoms with E-state index in [0.717, 1.165) is 56.1 Å². The predicted molar refractivity (Wildman–Crippen MR) is 76.1 cm³/mol. The van der Waals surface area contributed by atoms with Crippen LogP contribution in [0.2, 0.25) is 0 Å². The molecule has 0 radical (unpaired) electrons. The molecule has 2 nitrogen and oxygen atoms in total. The van der Waals surface area contributed by atoms with Crippen molar-refractivity contribution in [2.45, 2.75) is 58.8 Å². The molecule has 0 spiro atoms. The maximum absolute atomic E-state index is 10.2. The topological polar surface area (TPSA) is 40.5 Å². The Balaban J connectivity index is 2.88. The lowest BCUT2D eigenvalue weighted by molar-refractivity contribution is 0.284. The Morgan fingerprint density at radius 2 is 1.44 bits per heavy atom. The van der Waals surface area contributed by atoms with Gasteiger partial charge in [-0.05, 0) is 48.8 Å². The molecule has 1 aromatic carbocycles. The number of aryl methyl sites for hydroxylation is 3. The van der Waals surface area contributed by atoms with Gasteiger partial charge in [-0.2, -0.15) is 0 Å². The van der Waals surface area contributed by atoms with Gasteiger partial charge in [-0.3, -0.25) is 0 Å². The van der Waals surface area contributed by atoms with Gasteiger partial charge in [-0.1, -0.05) is 38.8 Å². The Kier molecular flexibility index (Phi) is 6.81. The number of aromatic hydroxyl groups is 1. The normalized spacial score (nSPS) is 10.8. The smallest absolute Gasteiger partial charge is 0.121 e. The fourth-order valence-electron chi connectivity index (χ4n) is 2.34. The number of hydrogen-bond acceptors (Lipinski definition) is 2. The van der Waals surface area contributed by atoms with E-state index in [4.69, 9.17) is 5.11 Å². The van der Waals surface area contributed by atoms with Crippen LogP contribution in [0, 0.1) is 0 Å². The molecular weight excluding hydrogens is 224 g/mol. The van der Waals surface area contributed by atoms with Crippen LogP contribution >= 0.6 is 0 Å². The van der Waals surface area contributed by atoms with Gasteiger partial charge in [0.05, 0.1) is 0 Å². The van der Waals surface area contributed by atoms with Crippen molar-refractivity contribution >= 4 is 0 Å². The second kappa shape index (κ2) is 8.15. The van der Waals surface area contributed by atoms with E-state index in [1.165, 1.54) is 5.56 Å². The van der Waals surface area contributed by atoms with Crippen LogP contribution < -0.4 is 0 Å². The summed E-state index contributed by atoms with van der Waals surface area (Å²) in [5, 5.41) is 19.0. The SMILES string of the molecule is CCCc1cc(CCCCO)cc(CCC)c1O. The van der Waals surface area contributed by atoms with Gasteiger partial charge in [0.2, 0.25) is 0 Å². The second-order valence-corrected chi connectivity index (χ2v) is 4.94. The van der Waals surface area contributed by atoms with E-state index in [-0.39, 0.29) is 6.61 Å². The summed E-state index contributed by atoms with van der Waals surface area (Å²) in [6.07, 6.45) is 6.85. The van der Waals surface area contributed by atoms with Gasteiger partial charge in [-0.25, -0.2) is 0 Å². The standard InChI is InChI=1S/C16H26O2/c1-3-7-14-11-13(9-5-6-10-17)12-15(8-4-2)16(14)18/h11-12,17-18H,3-10H2,1-2H3. The van der Waals surface area contributed by atoms with Gasteiger partial charge < -0.3 is 10.2 Å². The molecule has 0 amide bonds. The lowest BCUT2D eigenvalue weighted by Crippen LogP contribution is -1.96. The van der Waals surface area contributed by atoms with E-state index in [1.807, 2.05) is 0 Å². The van der Waals surface area contributed by atoms with Crippen molar-refractivity contribution in [3.05, 3.63) is 28.8 Å². The molecule has 0 heterocycles. The Morgan fingerprint density at radius 1 is 0.889 bits per heavy atom. The first-order chi connectivity index (χ1) is 8.72.